The first-order chi connectivity index (χ1) is 12.4. The number of sulfonamides is 1. The van der Waals surface area contributed by atoms with Gasteiger partial charge in [-0.25, -0.2) is 13.4 Å². The molecule has 0 bridgehead atoms. The molecule has 9 heteroatoms. The van der Waals surface area contributed by atoms with Crippen LogP contribution in [0.15, 0.2) is 33.9 Å². The van der Waals surface area contributed by atoms with Crippen LogP contribution in [0.4, 0.5) is 0 Å². The van der Waals surface area contributed by atoms with E-state index < -0.39 is 10.0 Å². The number of hydrogen-bond donors (Lipinski definition) is 0. The predicted molar refractivity (Wildman–Crippen MR) is 108 cm³/mol. The first kappa shape index (κ1) is 18.3. The molecular weight excluding hydrogens is 410 g/mol. The Morgan fingerprint density at radius 2 is 1.96 bits per heavy atom. The Bertz CT molecular complexity index is 1040. The third-order valence-corrected chi connectivity index (χ3v) is 9.04. The van der Waals surface area contributed by atoms with Gasteiger partial charge in [-0.2, -0.15) is 4.31 Å². The second kappa shape index (κ2) is 7.18. The van der Waals surface area contributed by atoms with Crippen molar-refractivity contribution in [3.8, 4) is 0 Å². The fraction of sp³-hybridized carbons (Fsp3) is 0.353. The number of fused-ring (bicyclic) bond motifs is 1. The molecule has 1 fully saturated rings. The molecule has 2 aromatic heterocycles. The smallest absolute Gasteiger partial charge is 0.252 e. The highest BCUT2D eigenvalue weighted by Crippen LogP contribution is 2.33. The largest absolute Gasteiger partial charge is 0.294 e. The number of thiazole rings is 1. The number of benzene rings is 1. The molecule has 1 saturated heterocycles. The van der Waals surface area contributed by atoms with Crippen LogP contribution in [-0.2, 0) is 16.6 Å². The van der Waals surface area contributed by atoms with Crippen LogP contribution in [0.25, 0.3) is 10.1 Å². The number of thiophene rings is 1. The number of aromatic nitrogens is 1. The van der Waals surface area contributed by atoms with Gasteiger partial charge in [-0.05, 0) is 30.5 Å². The van der Waals surface area contributed by atoms with Crippen molar-refractivity contribution in [3.63, 3.8) is 0 Å². The molecule has 0 unspecified atom stereocenters. The third kappa shape index (κ3) is 3.67. The lowest BCUT2D eigenvalue weighted by atomic mass is 10.3. The Labute approximate surface area is 165 Å². The van der Waals surface area contributed by atoms with Gasteiger partial charge in [0.05, 0.1) is 6.54 Å². The summed E-state index contributed by atoms with van der Waals surface area (Å²) in [7, 11) is -3.46. The van der Waals surface area contributed by atoms with Gasteiger partial charge < -0.3 is 0 Å². The number of nitrogens with zero attached hydrogens (tertiary/aromatic N) is 3. The third-order valence-electron chi connectivity index (χ3n) is 4.41. The first-order valence-corrected chi connectivity index (χ1v) is 11.8. The summed E-state index contributed by atoms with van der Waals surface area (Å²) >= 11 is 8.95. The quantitative estimate of drug-likeness (QED) is 0.635. The summed E-state index contributed by atoms with van der Waals surface area (Å²) in [5.74, 6) is 0. The molecule has 138 valence electrons. The molecule has 4 rings (SSSR count). The van der Waals surface area contributed by atoms with E-state index >= 15 is 0 Å². The molecule has 0 aliphatic carbocycles. The van der Waals surface area contributed by atoms with Gasteiger partial charge in [0.2, 0.25) is 0 Å². The maximum Gasteiger partial charge on any atom is 0.252 e. The summed E-state index contributed by atoms with van der Waals surface area (Å²) in [5, 5.41) is 4.66. The predicted octanol–water partition coefficient (Wildman–Crippen LogP) is 3.83. The fourth-order valence-electron chi connectivity index (χ4n) is 3.03. The zero-order valence-electron chi connectivity index (χ0n) is 14.2. The van der Waals surface area contributed by atoms with E-state index in [4.69, 9.17) is 11.6 Å². The van der Waals surface area contributed by atoms with E-state index in [0.29, 0.717) is 35.4 Å². The number of aryl methyl sites for hydroxylation is 1. The maximum absolute atomic E-state index is 13.0. The van der Waals surface area contributed by atoms with Gasteiger partial charge in [-0.3, -0.25) is 4.90 Å². The Balaban J connectivity index is 1.46. The molecule has 26 heavy (non-hydrogen) atoms. The molecular formula is C17H18ClN3O2S3. The van der Waals surface area contributed by atoms with Crippen LogP contribution >= 0.6 is 34.3 Å². The van der Waals surface area contributed by atoms with E-state index in [1.807, 2.05) is 24.4 Å². The average molecular weight is 428 g/mol. The molecule has 1 aromatic carbocycles. The van der Waals surface area contributed by atoms with E-state index in [-0.39, 0.29) is 0 Å². The van der Waals surface area contributed by atoms with Crippen LogP contribution in [0.1, 0.15) is 10.7 Å². The van der Waals surface area contributed by atoms with Crippen molar-refractivity contribution in [1.82, 2.24) is 14.2 Å². The topological polar surface area (TPSA) is 53.5 Å². The van der Waals surface area contributed by atoms with E-state index in [2.05, 4.69) is 9.88 Å². The lowest BCUT2D eigenvalue weighted by Gasteiger charge is -2.33. The molecule has 1 aliphatic heterocycles. The molecule has 0 amide bonds. The summed E-state index contributed by atoms with van der Waals surface area (Å²) in [6, 6.07) is 7.21. The molecule has 0 saturated carbocycles. The minimum atomic E-state index is -3.46. The number of halogens is 1. The Morgan fingerprint density at radius 3 is 2.65 bits per heavy atom. The van der Waals surface area contributed by atoms with Crippen LogP contribution in [0.5, 0.6) is 0 Å². The number of rotatable bonds is 4. The van der Waals surface area contributed by atoms with Crippen molar-refractivity contribution in [1.29, 1.82) is 0 Å². The monoisotopic (exact) mass is 427 g/mol. The molecule has 3 aromatic rings. The fourth-order valence-corrected chi connectivity index (χ4v) is 7.09. The van der Waals surface area contributed by atoms with Crippen LogP contribution < -0.4 is 0 Å². The zero-order chi connectivity index (χ0) is 18.3. The molecule has 1 aliphatic rings. The molecule has 3 heterocycles. The molecule has 0 atom stereocenters. The van der Waals surface area contributed by atoms with E-state index in [9.17, 15) is 8.42 Å². The molecule has 0 N–H and O–H groups in total. The van der Waals surface area contributed by atoms with Crippen molar-refractivity contribution in [2.75, 3.05) is 26.2 Å². The van der Waals surface area contributed by atoms with Crippen LogP contribution in [0, 0.1) is 6.92 Å². The highest BCUT2D eigenvalue weighted by Gasteiger charge is 2.30. The van der Waals surface area contributed by atoms with Gasteiger partial charge in [0.1, 0.15) is 9.22 Å². The average Bonchev–Trinajstić information content (AvgIpc) is 3.21. The lowest BCUT2D eigenvalue weighted by molar-refractivity contribution is 0.181. The van der Waals surface area contributed by atoms with Crippen LogP contribution in [0.3, 0.4) is 0 Å². The minimum Gasteiger partial charge on any atom is -0.294 e. The van der Waals surface area contributed by atoms with Crippen LogP contribution in [-0.4, -0.2) is 48.8 Å². The molecule has 0 spiro atoms. The normalized spacial score (nSPS) is 17.2. The molecule has 0 radical (unpaired) electrons. The van der Waals surface area contributed by atoms with Crippen molar-refractivity contribution in [3.05, 3.63) is 45.4 Å². The summed E-state index contributed by atoms with van der Waals surface area (Å²) in [6.45, 7) is 5.21. The second-order valence-corrected chi connectivity index (χ2v) is 10.9. The molecule has 5 nitrogen and oxygen atoms in total. The summed E-state index contributed by atoms with van der Waals surface area (Å²) in [6.07, 6.45) is 0. The number of hydrogen-bond acceptors (Lipinski definition) is 6. The van der Waals surface area contributed by atoms with E-state index in [1.165, 1.54) is 11.3 Å². The van der Waals surface area contributed by atoms with Crippen molar-refractivity contribution in [2.45, 2.75) is 17.7 Å². The van der Waals surface area contributed by atoms with Gasteiger partial charge in [0.25, 0.3) is 10.0 Å². The zero-order valence-corrected chi connectivity index (χ0v) is 17.4. The van der Waals surface area contributed by atoms with Crippen LogP contribution in [0.2, 0.25) is 5.02 Å². The Hall–Kier alpha value is -1.03. The first-order valence-electron chi connectivity index (χ1n) is 8.24. The van der Waals surface area contributed by atoms with Gasteiger partial charge in [-0.1, -0.05) is 17.7 Å². The van der Waals surface area contributed by atoms with Gasteiger partial charge in [-0.15, -0.1) is 22.7 Å². The highest BCUT2D eigenvalue weighted by molar-refractivity contribution is 7.91. The summed E-state index contributed by atoms with van der Waals surface area (Å²) in [5.41, 5.74) is 1.04. The Kier molecular flexibility index (Phi) is 5.06. The Morgan fingerprint density at radius 1 is 1.19 bits per heavy atom. The van der Waals surface area contributed by atoms with Gasteiger partial charge >= 0.3 is 0 Å². The van der Waals surface area contributed by atoms with Gasteiger partial charge in [0, 0.05) is 47.0 Å². The number of piperazine rings is 1. The van der Waals surface area contributed by atoms with E-state index in [0.717, 1.165) is 27.3 Å². The summed E-state index contributed by atoms with van der Waals surface area (Å²) < 4.78 is 28.8. The van der Waals surface area contributed by atoms with E-state index in [1.54, 1.807) is 27.8 Å². The highest BCUT2D eigenvalue weighted by atomic mass is 35.5. The maximum atomic E-state index is 13.0. The lowest BCUT2D eigenvalue weighted by Crippen LogP contribution is -2.48. The van der Waals surface area contributed by atoms with Crippen molar-refractivity contribution < 1.29 is 8.42 Å². The standard InChI is InChI=1S/C17H18ClN3O2S3/c1-12-11-24-16(19-12)10-20-4-6-21(7-5-20)26(22,23)17-8-13-2-3-14(18)9-15(13)25-17/h2-3,8-9,11H,4-7,10H2,1H3. The summed E-state index contributed by atoms with van der Waals surface area (Å²) in [4.78, 5) is 6.75. The van der Waals surface area contributed by atoms with Crippen molar-refractivity contribution >= 4 is 54.4 Å². The van der Waals surface area contributed by atoms with Gasteiger partial charge in [0.15, 0.2) is 0 Å². The second-order valence-electron chi connectivity index (χ2n) is 6.31. The SMILES string of the molecule is Cc1csc(CN2CCN(S(=O)(=O)c3cc4ccc(Cl)cc4s3)CC2)n1. The van der Waals surface area contributed by atoms with Crippen molar-refractivity contribution in [2.24, 2.45) is 0 Å². The minimum absolute atomic E-state index is 0.388.